The fourth-order valence-electron chi connectivity index (χ4n) is 1.28. The summed E-state index contributed by atoms with van der Waals surface area (Å²) in [6, 6.07) is 0. The topological polar surface area (TPSA) is 26.3 Å². The van der Waals surface area contributed by atoms with Gasteiger partial charge >= 0.3 is 36.0 Å². The van der Waals surface area contributed by atoms with Crippen LogP contribution in [0.1, 0.15) is 13.3 Å². The largest absolute Gasteiger partial charge is 0.473 e. The summed E-state index contributed by atoms with van der Waals surface area (Å²) in [5, 5.41) is 0. The molecule has 0 saturated heterocycles. The minimum absolute atomic E-state index is 0.0296. The van der Waals surface area contributed by atoms with Crippen molar-refractivity contribution < 1.29 is 62.2 Å². The third kappa shape index (κ3) is 4.71. The van der Waals surface area contributed by atoms with Gasteiger partial charge in [0.05, 0.1) is 6.42 Å². The molecule has 148 valence electrons. The number of hydrogen-bond acceptors (Lipinski definition) is 2. The van der Waals surface area contributed by atoms with Crippen LogP contribution >= 0.6 is 0 Å². The maximum Gasteiger partial charge on any atom is 0.473 e. The van der Waals surface area contributed by atoms with Crippen LogP contribution in [0.3, 0.4) is 0 Å². The number of carbonyl (C=O) groups is 1. The number of hydrogen-bond donors (Lipinski definition) is 0. The van der Waals surface area contributed by atoms with Crippen LogP contribution < -0.4 is 0 Å². The molecule has 0 saturated carbocycles. The molecule has 2 nitrogen and oxygen atoms in total. The SMILES string of the molecule is CC=CC(=O)OC(F)(F)C(F)(F)C(F)(F)C(F)(F)C(F)CC(F)(F)F. The lowest BCUT2D eigenvalue weighted by Crippen LogP contribution is -2.65. The van der Waals surface area contributed by atoms with Gasteiger partial charge in [0.15, 0.2) is 6.17 Å². The number of alkyl halides is 12. The van der Waals surface area contributed by atoms with Crippen LogP contribution in [0, 0.1) is 0 Å². The molecule has 0 fully saturated rings. The molecule has 0 spiro atoms. The van der Waals surface area contributed by atoms with E-state index >= 15 is 0 Å². The summed E-state index contributed by atoms with van der Waals surface area (Å²) < 4.78 is 155. The first-order chi connectivity index (χ1) is 10.8. The fraction of sp³-hybridized carbons (Fsp3) is 0.727. The number of halogens is 12. The molecule has 14 heteroatoms. The predicted octanol–water partition coefficient (Wildman–Crippen LogP) is 4.89. The molecule has 0 bridgehead atoms. The monoisotopic (exact) mass is 400 g/mol. The minimum atomic E-state index is -7.34. The first-order valence-corrected chi connectivity index (χ1v) is 5.91. The van der Waals surface area contributed by atoms with E-state index in [1.54, 1.807) is 0 Å². The van der Waals surface area contributed by atoms with Crippen LogP contribution in [0.4, 0.5) is 52.7 Å². The van der Waals surface area contributed by atoms with Gasteiger partial charge < -0.3 is 4.74 Å². The van der Waals surface area contributed by atoms with Crippen LogP contribution in [0.25, 0.3) is 0 Å². The Morgan fingerprint density at radius 2 is 1.36 bits per heavy atom. The summed E-state index contributed by atoms with van der Waals surface area (Å²) in [5.74, 6) is -23.8. The molecule has 0 amide bonds. The Morgan fingerprint density at radius 3 is 1.72 bits per heavy atom. The molecule has 1 atom stereocenters. The summed E-state index contributed by atoms with van der Waals surface area (Å²) in [6.45, 7) is 0.977. The maximum atomic E-state index is 13.1. The number of rotatable bonds is 7. The van der Waals surface area contributed by atoms with Crippen molar-refractivity contribution in [3.05, 3.63) is 12.2 Å². The molecular weight excluding hydrogens is 392 g/mol. The quantitative estimate of drug-likeness (QED) is 0.346. The van der Waals surface area contributed by atoms with Crippen molar-refractivity contribution >= 4 is 5.97 Å². The van der Waals surface area contributed by atoms with Gasteiger partial charge in [-0.2, -0.15) is 48.3 Å². The van der Waals surface area contributed by atoms with Gasteiger partial charge in [0.1, 0.15) is 0 Å². The maximum absolute atomic E-state index is 13.1. The van der Waals surface area contributed by atoms with Crippen molar-refractivity contribution in [3.8, 4) is 0 Å². The highest BCUT2D eigenvalue weighted by Gasteiger charge is 2.84. The lowest BCUT2D eigenvalue weighted by molar-refractivity contribution is -0.422. The van der Waals surface area contributed by atoms with E-state index in [-0.39, 0.29) is 6.08 Å². The minimum Gasteiger partial charge on any atom is -0.393 e. The van der Waals surface area contributed by atoms with Crippen LogP contribution in [-0.4, -0.2) is 42.2 Å². The molecule has 0 aromatic heterocycles. The van der Waals surface area contributed by atoms with Crippen LogP contribution in [0.5, 0.6) is 0 Å². The van der Waals surface area contributed by atoms with Gasteiger partial charge in [0.2, 0.25) is 0 Å². The van der Waals surface area contributed by atoms with Crippen molar-refractivity contribution in [2.45, 2.75) is 49.6 Å². The van der Waals surface area contributed by atoms with E-state index in [1.165, 1.54) is 0 Å². The second-order valence-corrected chi connectivity index (χ2v) is 4.50. The Labute approximate surface area is 131 Å². The highest BCUT2D eigenvalue weighted by atomic mass is 19.4. The fourth-order valence-corrected chi connectivity index (χ4v) is 1.28. The molecule has 0 radical (unpaired) electrons. The molecule has 25 heavy (non-hydrogen) atoms. The van der Waals surface area contributed by atoms with Crippen LogP contribution in [-0.2, 0) is 9.53 Å². The Balaban J connectivity index is 5.80. The van der Waals surface area contributed by atoms with Gasteiger partial charge in [0, 0.05) is 6.08 Å². The summed E-state index contributed by atoms with van der Waals surface area (Å²) in [7, 11) is 0. The summed E-state index contributed by atoms with van der Waals surface area (Å²) >= 11 is 0. The second-order valence-electron chi connectivity index (χ2n) is 4.50. The molecule has 0 aliphatic rings. The second kappa shape index (κ2) is 6.94. The summed E-state index contributed by atoms with van der Waals surface area (Å²) in [5.41, 5.74) is 0. The van der Waals surface area contributed by atoms with Crippen LogP contribution in [0.2, 0.25) is 0 Å². The lowest BCUT2D eigenvalue weighted by Gasteiger charge is -2.36. The van der Waals surface area contributed by atoms with Gasteiger partial charge in [-0.25, -0.2) is 9.18 Å². The van der Waals surface area contributed by atoms with Gasteiger partial charge in [-0.3, -0.25) is 0 Å². The molecule has 0 heterocycles. The molecular formula is C11H8F12O2. The van der Waals surface area contributed by atoms with E-state index in [4.69, 9.17) is 0 Å². The molecule has 0 aliphatic heterocycles. The first-order valence-electron chi connectivity index (χ1n) is 5.91. The van der Waals surface area contributed by atoms with E-state index in [0.29, 0.717) is 6.08 Å². The van der Waals surface area contributed by atoms with Crippen molar-refractivity contribution in [2.24, 2.45) is 0 Å². The number of ether oxygens (including phenoxy) is 1. The molecule has 0 rings (SSSR count). The first kappa shape index (κ1) is 23.4. The zero-order chi connectivity index (χ0) is 20.5. The normalized spacial score (nSPS) is 16.2. The number of esters is 1. The van der Waals surface area contributed by atoms with Crippen molar-refractivity contribution in [2.75, 3.05) is 0 Å². The van der Waals surface area contributed by atoms with Crippen molar-refractivity contribution in [1.29, 1.82) is 0 Å². The highest BCUT2D eigenvalue weighted by molar-refractivity contribution is 5.82. The van der Waals surface area contributed by atoms with Gasteiger partial charge in [-0.1, -0.05) is 6.08 Å². The smallest absolute Gasteiger partial charge is 0.393 e. The Kier molecular flexibility index (Phi) is 6.49. The Bertz CT molecular complexity index is 508. The van der Waals surface area contributed by atoms with Crippen molar-refractivity contribution in [3.63, 3.8) is 0 Å². The Morgan fingerprint density at radius 1 is 0.920 bits per heavy atom. The van der Waals surface area contributed by atoms with E-state index in [0.717, 1.165) is 6.92 Å². The van der Waals surface area contributed by atoms with E-state index in [1.807, 2.05) is 0 Å². The summed E-state index contributed by atoms with van der Waals surface area (Å²) in [6.07, 6.45) is -20.0. The lowest BCUT2D eigenvalue weighted by atomic mass is 9.97. The van der Waals surface area contributed by atoms with Crippen molar-refractivity contribution in [1.82, 2.24) is 0 Å². The summed E-state index contributed by atoms with van der Waals surface area (Å²) in [4.78, 5) is 10.6. The van der Waals surface area contributed by atoms with E-state index < -0.39 is 48.6 Å². The molecule has 0 aromatic rings. The standard InChI is InChI=1S/C11H8F12O2/c1-2-3-6(24)25-11(22,23)10(20,21)9(18,19)8(16,17)5(12)4-7(13,14)15/h2-3,5H,4H2,1H3. The molecule has 0 aromatic carbocycles. The molecule has 1 unspecified atom stereocenters. The van der Waals surface area contributed by atoms with E-state index in [9.17, 15) is 57.5 Å². The third-order valence-corrected chi connectivity index (χ3v) is 2.51. The molecule has 0 N–H and O–H groups in total. The molecule has 0 aliphatic carbocycles. The zero-order valence-corrected chi connectivity index (χ0v) is 11.8. The van der Waals surface area contributed by atoms with Gasteiger partial charge in [-0.05, 0) is 6.92 Å². The average molecular weight is 400 g/mol. The highest BCUT2D eigenvalue weighted by Crippen LogP contribution is 2.55. The van der Waals surface area contributed by atoms with E-state index in [2.05, 4.69) is 4.74 Å². The predicted molar refractivity (Wildman–Crippen MR) is 56.3 cm³/mol. The number of allylic oxidation sites excluding steroid dienone is 1. The average Bonchev–Trinajstić information content (AvgIpc) is 2.35. The number of carbonyl (C=O) groups excluding carboxylic acids is 1. The van der Waals surface area contributed by atoms with Gasteiger partial charge in [-0.15, -0.1) is 0 Å². The third-order valence-electron chi connectivity index (χ3n) is 2.51. The van der Waals surface area contributed by atoms with Gasteiger partial charge in [0.25, 0.3) is 0 Å². The zero-order valence-electron chi connectivity index (χ0n) is 11.8. The van der Waals surface area contributed by atoms with Crippen LogP contribution in [0.15, 0.2) is 12.2 Å². The Hall–Kier alpha value is -1.63.